The van der Waals surface area contributed by atoms with E-state index in [0.717, 1.165) is 24.9 Å². The Balaban J connectivity index is 2.96. The van der Waals surface area contributed by atoms with Crippen LogP contribution in [0.25, 0.3) is 0 Å². The molecule has 0 fully saturated rings. The lowest BCUT2D eigenvalue weighted by atomic mass is 10.1. The van der Waals surface area contributed by atoms with Gasteiger partial charge in [-0.05, 0) is 38.0 Å². The minimum atomic E-state index is -0.0589. The zero-order valence-electron chi connectivity index (χ0n) is 12.1. The number of nitrogens with one attached hydrogen (secondary N) is 2. The third kappa shape index (κ3) is 4.47. The molecule has 4 nitrogen and oxygen atoms in total. The van der Waals surface area contributed by atoms with Gasteiger partial charge in [0.2, 0.25) is 0 Å². The molecule has 0 saturated heterocycles. The number of nitrogen functional groups attached to an aromatic ring is 1. The highest BCUT2D eigenvalue weighted by Gasteiger charge is 2.13. The largest absolute Gasteiger partial charge is 0.399 e. The van der Waals surface area contributed by atoms with Gasteiger partial charge in [0.15, 0.2) is 0 Å². The van der Waals surface area contributed by atoms with Gasteiger partial charge in [-0.1, -0.05) is 20.3 Å². The molecule has 1 amide bonds. The molecule has 0 aliphatic heterocycles. The molecule has 1 aromatic carbocycles. The summed E-state index contributed by atoms with van der Waals surface area (Å²) >= 11 is 0. The van der Waals surface area contributed by atoms with E-state index in [0.29, 0.717) is 23.8 Å². The number of anilines is 2. The van der Waals surface area contributed by atoms with Crippen LogP contribution in [-0.4, -0.2) is 18.5 Å². The van der Waals surface area contributed by atoms with E-state index in [4.69, 9.17) is 5.73 Å². The Morgan fingerprint density at radius 1 is 1.32 bits per heavy atom. The molecule has 19 heavy (non-hydrogen) atoms. The monoisotopic (exact) mass is 263 g/mol. The molecule has 106 valence electrons. The summed E-state index contributed by atoms with van der Waals surface area (Å²) in [6, 6.07) is 5.75. The van der Waals surface area contributed by atoms with Crippen LogP contribution >= 0.6 is 0 Å². The van der Waals surface area contributed by atoms with Gasteiger partial charge in [-0.25, -0.2) is 0 Å². The second-order valence-electron chi connectivity index (χ2n) is 4.70. The first kappa shape index (κ1) is 15.3. The number of hydrogen-bond acceptors (Lipinski definition) is 3. The van der Waals surface area contributed by atoms with Crippen molar-refractivity contribution in [1.29, 1.82) is 0 Å². The van der Waals surface area contributed by atoms with Gasteiger partial charge in [-0.2, -0.15) is 0 Å². The third-order valence-electron chi connectivity index (χ3n) is 3.12. The van der Waals surface area contributed by atoms with Crippen molar-refractivity contribution in [2.75, 3.05) is 17.6 Å². The smallest absolute Gasteiger partial charge is 0.253 e. The lowest BCUT2D eigenvalue weighted by Crippen LogP contribution is -2.26. The highest BCUT2D eigenvalue weighted by atomic mass is 16.1. The Labute approximate surface area is 115 Å². The maximum Gasteiger partial charge on any atom is 0.253 e. The van der Waals surface area contributed by atoms with Crippen LogP contribution in [0.4, 0.5) is 11.4 Å². The third-order valence-corrected chi connectivity index (χ3v) is 3.12. The Morgan fingerprint density at radius 3 is 2.63 bits per heavy atom. The van der Waals surface area contributed by atoms with Crippen molar-refractivity contribution in [3.8, 4) is 0 Å². The second kappa shape index (κ2) is 7.67. The number of hydrogen-bond donors (Lipinski definition) is 3. The van der Waals surface area contributed by atoms with Crippen LogP contribution in [0.2, 0.25) is 0 Å². The van der Waals surface area contributed by atoms with Crippen molar-refractivity contribution in [3.05, 3.63) is 23.8 Å². The van der Waals surface area contributed by atoms with E-state index >= 15 is 0 Å². The van der Waals surface area contributed by atoms with Crippen LogP contribution < -0.4 is 16.4 Å². The zero-order valence-corrected chi connectivity index (χ0v) is 12.1. The van der Waals surface area contributed by atoms with Crippen LogP contribution in [0.1, 0.15) is 50.4 Å². The normalized spacial score (nSPS) is 11.9. The predicted molar refractivity (Wildman–Crippen MR) is 81.5 cm³/mol. The van der Waals surface area contributed by atoms with Gasteiger partial charge in [0.25, 0.3) is 5.91 Å². The maximum atomic E-state index is 12.0. The summed E-state index contributed by atoms with van der Waals surface area (Å²) in [4.78, 5) is 12.0. The first-order chi connectivity index (χ1) is 9.12. The maximum absolute atomic E-state index is 12.0. The summed E-state index contributed by atoms with van der Waals surface area (Å²) in [5.41, 5.74) is 7.97. The molecule has 0 radical (unpaired) electrons. The van der Waals surface area contributed by atoms with Crippen LogP contribution in [-0.2, 0) is 0 Å². The number of benzene rings is 1. The number of carbonyl (C=O) groups is 1. The molecule has 1 rings (SSSR count). The number of carbonyl (C=O) groups excluding carboxylic acids is 1. The Hall–Kier alpha value is -1.71. The Bertz CT molecular complexity index is 418. The van der Waals surface area contributed by atoms with Gasteiger partial charge in [-0.15, -0.1) is 0 Å². The summed E-state index contributed by atoms with van der Waals surface area (Å²) in [5.74, 6) is -0.0589. The van der Waals surface area contributed by atoms with Gasteiger partial charge in [-0.3, -0.25) is 4.79 Å². The first-order valence-electron chi connectivity index (χ1n) is 7.06. The van der Waals surface area contributed by atoms with Crippen LogP contribution in [0.15, 0.2) is 18.2 Å². The molecule has 0 aromatic heterocycles. The molecule has 0 aliphatic carbocycles. The standard InChI is InChI=1S/C15H25N3O/c1-4-7-12(5-2)18-14-10-11(16)8-9-13(14)15(19)17-6-3/h8-10,12,18H,4-7,16H2,1-3H3,(H,17,19). The fourth-order valence-corrected chi connectivity index (χ4v) is 2.08. The average molecular weight is 263 g/mol. The van der Waals surface area contributed by atoms with Crippen molar-refractivity contribution in [1.82, 2.24) is 5.32 Å². The first-order valence-corrected chi connectivity index (χ1v) is 7.06. The van der Waals surface area contributed by atoms with E-state index in [1.165, 1.54) is 0 Å². The fraction of sp³-hybridized carbons (Fsp3) is 0.533. The molecular formula is C15H25N3O. The van der Waals surface area contributed by atoms with E-state index in [2.05, 4.69) is 24.5 Å². The fourth-order valence-electron chi connectivity index (χ4n) is 2.08. The molecule has 1 unspecified atom stereocenters. The summed E-state index contributed by atoms with van der Waals surface area (Å²) in [6.45, 7) is 6.84. The van der Waals surface area contributed by atoms with Gasteiger partial charge < -0.3 is 16.4 Å². The molecule has 0 saturated carbocycles. The minimum absolute atomic E-state index is 0.0589. The molecule has 0 spiro atoms. The van der Waals surface area contributed by atoms with Crippen molar-refractivity contribution in [2.45, 2.75) is 46.1 Å². The Kier molecular flexibility index (Phi) is 6.19. The Morgan fingerprint density at radius 2 is 2.05 bits per heavy atom. The molecule has 0 heterocycles. The lowest BCUT2D eigenvalue weighted by molar-refractivity contribution is 0.0956. The van der Waals surface area contributed by atoms with Gasteiger partial charge in [0.05, 0.1) is 5.56 Å². The van der Waals surface area contributed by atoms with Crippen molar-refractivity contribution < 1.29 is 4.79 Å². The SMILES string of the molecule is CCCC(CC)Nc1cc(N)ccc1C(=O)NCC. The molecule has 0 bridgehead atoms. The molecular weight excluding hydrogens is 238 g/mol. The average Bonchev–Trinajstić information content (AvgIpc) is 2.38. The molecule has 4 N–H and O–H groups in total. The zero-order chi connectivity index (χ0) is 14.3. The van der Waals surface area contributed by atoms with Crippen LogP contribution in [0.3, 0.4) is 0 Å². The number of amides is 1. The minimum Gasteiger partial charge on any atom is -0.399 e. The van der Waals surface area contributed by atoms with E-state index in [9.17, 15) is 4.79 Å². The van der Waals surface area contributed by atoms with Crippen molar-refractivity contribution >= 4 is 17.3 Å². The van der Waals surface area contributed by atoms with Gasteiger partial charge in [0, 0.05) is 24.0 Å². The highest BCUT2D eigenvalue weighted by Crippen LogP contribution is 2.22. The number of nitrogens with two attached hydrogens (primary N) is 1. The number of rotatable bonds is 7. The van der Waals surface area contributed by atoms with Crippen LogP contribution in [0.5, 0.6) is 0 Å². The van der Waals surface area contributed by atoms with E-state index in [-0.39, 0.29) is 5.91 Å². The molecule has 4 heteroatoms. The van der Waals surface area contributed by atoms with E-state index in [1.807, 2.05) is 13.0 Å². The topological polar surface area (TPSA) is 67.1 Å². The van der Waals surface area contributed by atoms with Gasteiger partial charge >= 0.3 is 0 Å². The lowest BCUT2D eigenvalue weighted by Gasteiger charge is -2.20. The molecule has 1 atom stereocenters. The van der Waals surface area contributed by atoms with Gasteiger partial charge in [0.1, 0.15) is 0 Å². The summed E-state index contributed by atoms with van der Waals surface area (Å²) in [7, 11) is 0. The quantitative estimate of drug-likeness (QED) is 0.662. The molecule has 0 aliphatic rings. The van der Waals surface area contributed by atoms with Crippen LogP contribution in [0, 0.1) is 0 Å². The second-order valence-corrected chi connectivity index (χ2v) is 4.70. The van der Waals surface area contributed by atoms with Crippen molar-refractivity contribution in [2.24, 2.45) is 0 Å². The highest BCUT2D eigenvalue weighted by molar-refractivity contribution is 6.00. The van der Waals surface area contributed by atoms with E-state index in [1.54, 1.807) is 12.1 Å². The summed E-state index contributed by atoms with van der Waals surface area (Å²) in [6.07, 6.45) is 3.22. The van der Waals surface area contributed by atoms with E-state index < -0.39 is 0 Å². The molecule has 1 aromatic rings. The summed E-state index contributed by atoms with van der Waals surface area (Å²) in [5, 5.41) is 6.26. The van der Waals surface area contributed by atoms with Crippen molar-refractivity contribution in [3.63, 3.8) is 0 Å². The summed E-state index contributed by atoms with van der Waals surface area (Å²) < 4.78 is 0. The predicted octanol–water partition coefficient (Wildman–Crippen LogP) is 3.01.